The number of piperazine rings is 1. The SMILES string of the molecule is COC(=O)C(c1ccc(Cl)cc1)N1CCN(Cc2ccc(C(N)=O)cc2[N+](=O)[O-])CC1. The van der Waals surface area contributed by atoms with Crippen LogP contribution in [0.4, 0.5) is 5.69 Å². The number of halogens is 1. The maximum absolute atomic E-state index is 12.5. The third-order valence-electron chi connectivity index (χ3n) is 5.34. The van der Waals surface area contributed by atoms with Crippen molar-refractivity contribution in [3.05, 3.63) is 74.3 Å². The zero-order valence-electron chi connectivity index (χ0n) is 17.0. The Bertz CT molecular complexity index is 974. The Balaban J connectivity index is 1.71. The Morgan fingerprint density at radius 1 is 1.16 bits per heavy atom. The average molecular weight is 447 g/mol. The first-order valence-corrected chi connectivity index (χ1v) is 10.0. The first-order valence-electron chi connectivity index (χ1n) is 9.67. The van der Waals surface area contributed by atoms with Crippen LogP contribution in [0.1, 0.15) is 27.5 Å². The molecule has 0 saturated carbocycles. The number of nitro groups is 1. The van der Waals surface area contributed by atoms with Crippen molar-refractivity contribution < 1.29 is 19.2 Å². The smallest absolute Gasteiger partial charge is 0.327 e. The predicted octanol–water partition coefficient (Wildman–Crippen LogP) is 2.38. The molecule has 1 unspecified atom stereocenters. The average Bonchev–Trinajstić information content (AvgIpc) is 2.76. The van der Waals surface area contributed by atoms with E-state index in [4.69, 9.17) is 22.1 Å². The summed E-state index contributed by atoms with van der Waals surface area (Å²) in [5.41, 5.74) is 6.50. The molecule has 1 aliphatic rings. The van der Waals surface area contributed by atoms with E-state index < -0.39 is 16.9 Å². The molecule has 164 valence electrons. The van der Waals surface area contributed by atoms with Crippen molar-refractivity contribution in [1.29, 1.82) is 0 Å². The fourth-order valence-corrected chi connectivity index (χ4v) is 3.82. The lowest BCUT2D eigenvalue weighted by molar-refractivity contribution is -0.385. The van der Waals surface area contributed by atoms with E-state index in [1.807, 2.05) is 4.90 Å². The standard InChI is InChI=1S/C21H23ClN4O5/c1-31-21(28)19(14-4-6-17(22)7-5-14)25-10-8-24(9-11-25)13-16-3-2-15(20(23)27)12-18(16)26(29)30/h2-7,12,19H,8-11,13H2,1H3,(H2,23,27). The van der Waals surface area contributed by atoms with Gasteiger partial charge in [0.1, 0.15) is 6.04 Å². The summed E-state index contributed by atoms with van der Waals surface area (Å²) < 4.78 is 5.01. The molecule has 9 nitrogen and oxygen atoms in total. The number of primary amides is 1. The summed E-state index contributed by atoms with van der Waals surface area (Å²) in [5, 5.41) is 12.0. The van der Waals surface area contributed by atoms with E-state index in [0.717, 1.165) is 5.56 Å². The number of amides is 1. The second-order valence-corrected chi connectivity index (χ2v) is 7.69. The first-order chi connectivity index (χ1) is 14.8. The van der Waals surface area contributed by atoms with Gasteiger partial charge in [-0.2, -0.15) is 0 Å². The Kier molecular flexibility index (Phi) is 7.21. The van der Waals surface area contributed by atoms with Gasteiger partial charge in [0.25, 0.3) is 5.69 Å². The lowest BCUT2D eigenvalue weighted by Gasteiger charge is -2.38. The number of hydrogen-bond donors (Lipinski definition) is 1. The summed E-state index contributed by atoms with van der Waals surface area (Å²) in [6.07, 6.45) is 0. The highest BCUT2D eigenvalue weighted by Gasteiger charge is 2.31. The zero-order chi connectivity index (χ0) is 22.5. The molecule has 3 rings (SSSR count). The molecule has 1 aliphatic heterocycles. The van der Waals surface area contributed by atoms with Crippen molar-refractivity contribution in [1.82, 2.24) is 9.80 Å². The van der Waals surface area contributed by atoms with Crippen LogP contribution in [0.2, 0.25) is 5.02 Å². The molecule has 2 aromatic rings. The molecule has 1 fully saturated rings. The highest BCUT2D eigenvalue weighted by atomic mass is 35.5. The minimum Gasteiger partial charge on any atom is -0.468 e. The number of carbonyl (C=O) groups excluding carboxylic acids is 2. The number of methoxy groups -OCH3 is 1. The lowest BCUT2D eigenvalue weighted by Crippen LogP contribution is -2.49. The number of carbonyl (C=O) groups is 2. The summed E-state index contributed by atoms with van der Waals surface area (Å²) >= 11 is 5.96. The highest BCUT2D eigenvalue weighted by molar-refractivity contribution is 6.30. The molecule has 0 aliphatic carbocycles. The van der Waals surface area contributed by atoms with Crippen LogP contribution in [0.3, 0.4) is 0 Å². The van der Waals surface area contributed by atoms with Gasteiger partial charge in [-0.1, -0.05) is 29.8 Å². The van der Waals surface area contributed by atoms with Crippen molar-refractivity contribution in [2.75, 3.05) is 33.3 Å². The van der Waals surface area contributed by atoms with Crippen LogP contribution in [0.25, 0.3) is 0 Å². The summed E-state index contributed by atoms with van der Waals surface area (Å²) in [4.78, 5) is 38.8. The minimum absolute atomic E-state index is 0.101. The fourth-order valence-electron chi connectivity index (χ4n) is 3.69. The fraction of sp³-hybridized carbons (Fsp3) is 0.333. The van der Waals surface area contributed by atoms with Gasteiger partial charge in [0.2, 0.25) is 5.91 Å². The van der Waals surface area contributed by atoms with E-state index in [9.17, 15) is 19.7 Å². The maximum Gasteiger partial charge on any atom is 0.327 e. The van der Waals surface area contributed by atoms with Gasteiger partial charge in [0.05, 0.1) is 12.0 Å². The third kappa shape index (κ3) is 5.38. The molecule has 2 aromatic carbocycles. The van der Waals surface area contributed by atoms with Crippen LogP contribution in [-0.4, -0.2) is 59.9 Å². The predicted molar refractivity (Wildman–Crippen MR) is 115 cm³/mol. The summed E-state index contributed by atoms with van der Waals surface area (Å²) in [6.45, 7) is 2.73. The topological polar surface area (TPSA) is 119 Å². The van der Waals surface area contributed by atoms with Crippen molar-refractivity contribution in [3.63, 3.8) is 0 Å². The Hall–Kier alpha value is -3.01. The summed E-state index contributed by atoms with van der Waals surface area (Å²) in [7, 11) is 1.36. The number of nitrogens with zero attached hydrogens (tertiary/aromatic N) is 3. The van der Waals surface area contributed by atoms with E-state index in [-0.39, 0.29) is 17.2 Å². The molecule has 1 atom stereocenters. The van der Waals surface area contributed by atoms with Crippen molar-refractivity contribution in [2.24, 2.45) is 5.73 Å². The molecule has 2 N–H and O–H groups in total. The molecule has 31 heavy (non-hydrogen) atoms. The second-order valence-electron chi connectivity index (χ2n) is 7.25. The second kappa shape index (κ2) is 9.86. The molecule has 0 bridgehead atoms. The Labute approximate surface area is 184 Å². The van der Waals surface area contributed by atoms with Gasteiger partial charge in [-0.15, -0.1) is 0 Å². The van der Waals surface area contributed by atoms with Crippen molar-refractivity contribution >= 4 is 29.2 Å². The number of nitrogens with two attached hydrogens (primary N) is 1. The third-order valence-corrected chi connectivity index (χ3v) is 5.59. The van der Waals surface area contributed by atoms with Gasteiger partial charge >= 0.3 is 5.97 Å². The van der Waals surface area contributed by atoms with E-state index in [1.165, 1.54) is 19.2 Å². The largest absolute Gasteiger partial charge is 0.468 e. The van der Waals surface area contributed by atoms with Crippen LogP contribution in [0.5, 0.6) is 0 Å². The molecule has 0 radical (unpaired) electrons. The number of benzene rings is 2. The van der Waals surface area contributed by atoms with Crippen molar-refractivity contribution in [2.45, 2.75) is 12.6 Å². The molecular formula is C21H23ClN4O5. The highest BCUT2D eigenvalue weighted by Crippen LogP contribution is 2.27. The number of ether oxygens (including phenoxy) is 1. The number of nitro benzene ring substituents is 1. The number of esters is 1. The van der Waals surface area contributed by atoms with E-state index in [0.29, 0.717) is 43.3 Å². The summed E-state index contributed by atoms with van der Waals surface area (Å²) in [6, 6.07) is 10.8. The maximum atomic E-state index is 12.5. The molecule has 1 saturated heterocycles. The number of rotatable bonds is 7. The minimum atomic E-state index is -0.709. The van der Waals surface area contributed by atoms with Crippen LogP contribution in [0, 0.1) is 10.1 Å². The van der Waals surface area contributed by atoms with E-state index in [2.05, 4.69) is 4.90 Å². The molecule has 10 heteroatoms. The van der Waals surface area contributed by atoms with Crippen LogP contribution in [0.15, 0.2) is 42.5 Å². The first kappa shape index (κ1) is 22.7. The van der Waals surface area contributed by atoms with Gasteiger partial charge < -0.3 is 10.5 Å². The zero-order valence-corrected chi connectivity index (χ0v) is 17.7. The van der Waals surface area contributed by atoms with Crippen molar-refractivity contribution in [3.8, 4) is 0 Å². The normalized spacial score (nSPS) is 15.9. The van der Waals surface area contributed by atoms with Gasteiger partial charge in [0.15, 0.2) is 0 Å². The van der Waals surface area contributed by atoms with E-state index >= 15 is 0 Å². The lowest BCUT2D eigenvalue weighted by atomic mass is 10.0. The van der Waals surface area contributed by atoms with Gasteiger partial charge in [-0.3, -0.25) is 24.7 Å². The van der Waals surface area contributed by atoms with Crippen LogP contribution < -0.4 is 5.73 Å². The molecular weight excluding hydrogens is 424 g/mol. The van der Waals surface area contributed by atoms with Crippen LogP contribution >= 0.6 is 11.6 Å². The molecule has 1 amide bonds. The molecule has 0 aromatic heterocycles. The van der Waals surface area contributed by atoms with Gasteiger partial charge in [-0.05, 0) is 23.8 Å². The molecule has 0 spiro atoms. The Morgan fingerprint density at radius 2 is 1.81 bits per heavy atom. The monoisotopic (exact) mass is 446 g/mol. The van der Waals surface area contributed by atoms with Gasteiger partial charge in [-0.25, -0.2) is 4.79 Å². The summed E-state index contributed by atoms with van der Waals surface area (Å²) in [5.74, 6) is -1.06. The number of hydrogen-bond acceptors (Lipinski definition) is 7. The quantitative estimate of drug-likeness (QED) is 0.394. The van der Waals surface area contributed by atoms with E-state index in [1.54, 1.807) is 30.3 Å². The molecule has 1 heterocycles. The Morgan fingerprint density at radius 3 is 2.35 bits per heavy atom. The van der Waals surface area contributed by atoms with Crippen LogP contribution in [-0.2, 0) is 16.1 Å². The van der Waals surface area contributed by atoms with Gasteiger partial charge in [0, 0.05) is 54.9 Å².